The normalized spacial score (nSPS) is 11.4. The van der Waals surface area contributed by atoms with Crippen LogP contribution in [0, 0.1) is 10.1 Å². The van der Waals surface area contributed by atoms with Crippen LogP contribution in [0.4, 0.5) is 17.1 Å². The van der Waals surface area contributed by atoms with Gasteiger partial charge in [-0.2, -0.15) is 5.10 Å². The van der Waals surface area contributed by atoms with Crippen LogP contribution in [0.1, 0.15) is 5.56 Å². The topological polar surface area (TPSA) is 114 Å². The molecule has 0 heterocycles. The molecule has 0 saturated carbocycles. The average Bonchev–Trinajstić information content (AvgIpc) is 2.71. The van der Waals surface area contributed by atoms with E-state index >= 15 is 0 Å². The van der Waals surface area contributed by atoms with Crippen molar-refractivity contribution < 1.29 is 13.3 Å². The Morgan fingerprint density at radius 2 is 1.73 bits per heavy atom. The van der Waals surface area contributed by atoms with Crippen molar-refractivity contribution in [1.29, 1.82) is 0 Å². The second-order valence-electron chi connectivity index (χ2n) is 5.91. The van der Waals surface area contributed by atoms with E-state index in [0.717, 1.165) is 16.1 Å². The number of nitrogens with zero attached hydrogens (tertiary/aromatic N) is 2. The van der Waals surface area contributed by atoms with Gasteiger partial charge in [-0.05, 0) is 24.3 Å². The lowest BCUT2D eigenvalue weighted by molar-refractivity contribution is -0.385. The van der Waals surface area contributed by atoms with E-state index in [-0.39, 0.29) is 27.0 Å². The minimum Gasteiger partial charge on any atom is -0.278 e. The lowest BCUT2D eigenvalue weighted by Crippen LogP contribution is -2.15. The summed E-state index contributed by atoms with van der Waals surface area (Å²) in [6.45, 7) is 0. The Morgan fingerprint density at radius 1 is 1.03 bits per heavy atom. The van der Waals surface area contributed by atoms with Gasteiger partial charge in [0.1, 0.15) is 4.90 Å². The summed E-state index contributed by atoms with van der Waals surface area (Å²) in [4.78, 5) is 10.1. The zero-order valence-corrected chi connectivity index (χ0v) is 18.3. The van der Waals surface area contributed by atoms with Gasteiger partial charge in [-0.3, -0.25) is 20.3 Å². The maximum atomic E-state index is 12.9. The number of hydrogen-bond donors (Lipinski definition) is 2. The van der Waals surface area contributed by atoms with Gasteiger partial charge < -0.3 is 0 Å². The Morgan fingerprint density at radius 3 is 2.43 bits per heavy atom. The second kappa shape index (κ2) is 9.24. The van der Waals surface area contributed by atoms with Crippen LogP contribution < -0.4 is 10.1 Å². The molecule has 0 spiro atoms. The van der Waals surface area contributed by atoms with Crippen LogP contribution in [0.15, 0.2) is 81.2 Å². The van der Waals surface area contributed by atoms with Crippen molar-refractivity contribution in [3.8, 4) is 0 Å². The zero-order chi connectivity index (χ0) is 21.7. The fraction of sp³-hybridized carbons (Fsp3) is 0. The average molecular weight is 510 g/mol. The summed E-state index contributed by atoms with van der Waals surface area (Å²) in [7, 11) is -4.21. The predicted octanol–water partition coefficient (Wildman–Crippen LogP) is 5.26. The molecular formula is C19H14BrClN4O4S. The standard InChI is InChI=1S/C19H14BrClN4O4S/c20-15-6-2-1-5-13(15)12-22-23-18-10-9-14(25(26)27)11-19(18)30(28,29)24-17-8-4-3-7-16(17)21/h1-12,23-24H/b22-12+. The Kier molecular flexibility index (Phi) is 6.70. The number of benzene rings is 3. The minimum absolute atomic E-state index is 0.0588. The van der Waals surface area contributed by atoms with Crippen molar-refractivity contribution in [2.75, 3.05) is 10.1 Å². The number of non-ortho nitro benzene ring substituents is 1. The molecule has 154 valence electrons. The summed E-state index contributed by atoms with van der Waals surface area (Å²) in [5, 5.41) is 15.4. The summed E-state index contributed by atoms with van der Waals surface area (Å²) in [5.74, 6) is 0. The smallest absolute Gasteiger partial charge is 0.270 e. The quantitative estimate of drug-likeness (QED) is 0.256. The molecule has 0 aliphatic heterocycles. The summed E-state index contributed by atoms with van der Waals surface area (Å²) >= 11 is 9.41. The summed E-state index contributed by atoms with van der Waals surface area (Å²) < 4.78 is 29.0. The number of halogens is 2. The number of sulfonamides is 1. The first-order valence-corrected chi connectivity index (χ1v) is 11.0. The molecule has 0 aliphatic carbocycles. The van der Waals surface area contributed by atoms with Gasteiger partial charge in [-0.15, -0.1) is 0 Å². The highest BCUT2D eigenvalue weighted by Gasteiger charge is 2.23. The van der Waals surface area contributed by atoms with Crippen molar-refractivity contribution in [2.45, 2.75) is 4.90 Å². The van der Waals surface area contributed by atoms with Crippen LogP contribution in [0.2, 0.25) is 5.02 Å². The molecule has 0 bridgehead atoms. The highest BCUT2D eigenvalue weighted by Crippen LogP contribution is 2.30. The molecule has 3 rings (SSSR count). The van der Waals surface area contributed by atoms with E-state index in [1.807, 2.05) is 24.3 Å². The van der Waals surface area contributed by atoms with E-state index in [1.54, 1.807) is 12.1 Å². The summed E-state index contributed by atoms with van der Waals surface area (Å²) in [6, 6.07) is 17.0. The van der Waals surface area contributed by atoms with E-state index in [4.69, 9.17) is 11.6 Å². The lowest BCUT2D eigenvalue weighted by Gasteiger charge is -2.13. The zero-order valence-electron chi connectivity index (χ0n) is 15.1. The van der Waals surface area contributed by atoms with Gasteiger partial charge in [0.2, 0.25) is 0 Å². The molecule has 0 aromatic heterocycles. The number of nitro benzene ring substituents is 1. The van der Waals surface area contributed by atoms with E-state index in [0.29, 0.717) is 0 Å². The molecule has 0 fully saturated rings. The van der Waals surface area contributed by atoms with Crippen LogP contribution in [0.3, 0.4) is 0 Å². The summed E-state index contributed by atoms with van der Waals surface area (Å²) in [6.07, 6.45) is 1.49. The largest absolute Gasteiger partial charge is 0.278 e. The Hall–Kier alpha value is -2.95. The molecule has 30 heavy (non-hydrogen) atoms. The molecule has 0 unspecified atom stereocenters. The Labute approximate surface area is 185 Å². The molecule has 0 aliphatic rings. The fourth-order valence-corrected chi connectivity index (χ4v) is 4.32. The van der Waals surface area contributed by atoms with Gasteiger partial charge in [0.15, 0.2) is 0 Å². The highest BCUT2D eigenvalue weighted by atomic mass is 79.9. The fourth-order valence-electron chi connectivity index (χ4n) is 2.43. The van der Waals surface area contributed by atoms with Gasteiger partial charge in [0.05, 0.1) is 27.5 Å². The van der Waals surface area contributed by atoms with Crippen LogP contribution >= 0.6 is 27.5 Å². The third-order valence-corrected chi connectivity index (χ3v) is 6.33. The Bertz CT molecular complexity index is 1230. The van der Waals surface area contributed by atoms with E-state index in [2.05, 4.69) is 31.2 Å². The van der Waals surface area contributed by atoms with Crippen molar-refractivity contribution in [3.05, 3.63) is 91.9 Å². The summed E-state index contributed by atoms with van der Waals surface area (Å²) in [5.41, 5.74) is 3.22. The molecule has 2 N–H and O–H groups in total. The van der Waals surface area contributed by atoms with Crippen LogP contribution in [0.5, 0.6) is 0 Å². The number of hydrazone groups is 1. The number of para-hydroxylation sites is 1. The predicted molar refractivity (Wildman–Crippen MR) is 121 cm³/mol. The molecule has 3 aromatic carbocycles. The number of anilines is 2. The first-order valence-electron chi connectivity index (χ1n) is 8.37. The van der Waals surface area contributed by atoms with Crippen LogP contribution in [-0.4, -0.2) is 19.6 Å². The maximum Gasteiger partial charge on any atom is 0.270 e. The monoisotopic (exact) mass is 508 g/mol. The molecule has 0 amide bonds. The minimum atomic E-state index is -4.21. The van der Waals surface area contributed by atoms with Gasteiger partial charge in [-0.1, -0.05) is 57.9 Å². The van der Waals surface area contributed by atoms with Crippen LogP contribution in [-0.2, 0) is 10.0 Å². The molecule has 0 saturated heterocycles. The first-order chi connectivity index (χ1) is 14.3. The van der Waals surface area contributed by atoms with Crippen molar-refractivity contribution in [3.63, 3.8) is 0 Å². The molecule has 0 radical (unpaired) electrons. The molecule has 8 nitrogen and oxygen atoms in total. The van der Waals surface area contributed by atoms with Crippen molar-refractivity contribution in [2.24, 2.45) is 5.10 Å². The van der Waals surface area contributed by atoms with Crippen molar-refractivity contribution in [1.82, 2.24) is 0 Å². The first kappa shape index (κ1) is 21.8. The van der Waals surface area contributed by atoms with Gasteiger partial charge in [-0.25, -0.2) is 8.42 Å². The third kappa shape index (κ3) is 5.15. The highest BCUT2D eigenvalue weighted by molar-refractivity contribution is 9.10. The molecule has 3 aromatic rings. The number of nitrogens with one attached hydrogen (secondary N) is 2. The van der Waals surface area contributed by atoms with E-state index < -0.39 is 14.9 Å². The number of rotatable bonds is 7. The van der Waals surface area contributed by atoms with Gasteiger partial charge in [0.25, 0.3) is 15.7 Å². The van der Waals surface area contributed by atoms with E-state index in [9.17, 15) is 18.5 Å². The van der Waals surface area contributed by atoms with Crippen LogP contribution in [0.25, 0.3) is 0 Å². The lowest BCUT2D eigenvalue weighted by atomic mass is 10.2. The number of hydrogen-bond acceptors (Lipinski definition) is 6. The van der Waals surface area contributed by atoms with Gasteiger partial charge in [0, 0.05) is 22.2 Å². The van der Waals surface area contributed by atoms with E-state index in [1.165, 1.54) is 30.5 Å². The maximum absolute atomic E-state index is 12.9. The molecule has 11 heteroatoms. The molecule has 0 atom stereocenters. The second-order valence-corrected chi connectivity index (χ2v) is 8.83. The third-order valence-electron chi connectivity index (χ3n) is 3.88. The molecular weight excluding hydrogens is 496 g/mol. The van der Waals surface area contributed by atoms with Gasteiger partial charge >= 0.3 is 0 Å². The SMILES string of the molecule is O=[N+]([O-])c1ccc(N/N=C/c2ccccc2Br)c(S(=O)(=O)Nc2ccccc2Cl)c1. The number of nitro groups is 1. The Balaban J connectivity index is 1.97. The van der Waals surface area contributed by atoms with Crippen molar-refractivity contribution >= 4 is 60.8 Å².